The fourth-order valence-corrected chi connectivity index (χ4v) is 5.37. The number of sulfonamides is 1. The Morgan fingerprint density at radius 2 is 1.97 bits per heavy atom. The molecule has 1 aromatic heterocycles. The summed E-state index contributed by atoms with van der Waals surface area (Å²) in [6.07, 6.45) is 1.13. The molecule has 1 amide bonds. The number of carbonyl (C=O) groups is 1. The van der Waals surface area contributed by atoms with Crippen LogP contribution in [-0.4, -0.2) is 43.5 Å². The molecule has 2 aliphatic rings. The van der Waals surface area contributed by atoms with Crippen molar-refractivity contribution < 1.29 is 27.1 Å². The molecule has 1 saturated heterocycles. The van der Waals surface area contributed by atoms with Gasteiger partial charge in [-0.2, -0.15) is 4.31 Å². The third kappa shape index (κ3) is 3.66. The van der Waals surface area contributed by atoms with Crippen molar-refractivity contribution in [2.45, 2.75) is 17.7 Å². The number of aromatic nitrogens is 1. The van der Waals surface area contributed by atoms with E-state index in [1.54, 1.807) is 18.2 Å². The highest BCUT2D eigenvalue weighted by atomic mass is 32.2. The molecule has 0 saturated carbocycles. The third-order valence-corrected chi connectivity index (χ3v) is 7.29. The first-order valence-corrected chi connectivity index (χ1v) is 11.2. The van der Waals surface area contributed by atoms with Gasteiger partial charge in [0.15, 0.2) is 17.1 Å². The summed E-state index contributed by atoms with van der Waals surface area (Å²) in [6, 6.07) is 9.32. The molecule has 2 aromatic carbocycles. The van der Waals surface area contributed by atoms with Crippen LogP contribution >= 0.6 is 0 Å². The molecule has 10 nitrogen and oxygen atoms in total. The van der Waals surface area contributed by atoms with Crippen LogP contribution in [0, 0.1) is 5.92 Å². The lowest BCUT2D eigenvalue weighted by molar-refractivity contribution is -0.120. The van der Waals surface area contributed by atoms with Crippen molar-refractivity contribution in [2.24, 2.45) is 5.92 Å². The Labute approximate surface area is 176 Å². The van der Waals surface area contributed by atoms with Crippen LogP contribution in [-0.2, 0) is 14.8 Å². The van der Waals surface area contributed by atoms with Crippen molar-refractivity contribution in [3.63, 3.8) is 0 Å². The maximum atomic E-state index is 13.1. The highest BCUT2D eigenvalue weighted by Crippen LogP contribution is 2.34. The lowest BCUT2D eigenvalue weighted by atomic mass is 9.98. The number of carbonyl (C=O) groups excluding carboxylic acids is 1. The molecule has 162 valence electrons. The summed E-state index contributed by atoms with van der Waals surface area (Å²) >= 11 is 0. The maximum Gasteiger partial charge on any atom is 0.417 e. The van der Waals surface area contributed by atoms with Crippen LogP contribution in [0.2, 0.25) is 0 Å². The number of oxazole rings is 1. The van der Waals surface area contributed by atoms with E-state index < -0.39 is 21.7 Å². The van der Waals surface area contributed by atoms with Gasteiger partial charge in [-0.15, -0.1) is 0 Å². The molecule has 31 heavy (non-hydrogen) atoms. The summed E-state index contributed by atoms with van der Waals surface area (Å²) < 4.78 is 43.1. The Bertz CT molecular complexity index is 1330. The van der Waals surface area contributed by atoms with Gasteiger partial charge < -0.3 is 19.2 Å². The molecule has 5 rings (SSSR count). The highest BCUT2D eigenvalue weighted by molar-refractivity contribution is 7.89. The van der Waals surface area contributed by atoms with E-state index in [0.29, 0.717) is 42.1 Å². The zero-order valence-electron chi connectivity index (χ0n) is 16.3. The Kier molecular flexibility index (Phi) is 4.71. The molecule has 0 bridgehead atoms. The largest absolute Gasteiger partial charge is 0.454 e. The van der Waals surface area contributed by atoms with Gasteiger partial charge in [0, 0.05) is 30.9 Å². The van der Waals surface area contributed by atoms with E-state index in [1.807, 2.05) is 0 Å². The Morgan fingerprint density at radius 1 is 1.13 bits per heavy atom. The number of ether oxygens (including phenoxy) is 2. The first kappa shape index (κ1) is 19.6. The van der Waals surface area contributed by atoms with Crippen molar-refractivity contribution in [1.29, 1.82) is 0 Å². The maximum absolute atomic E-state index is 13.1. The van der Waals surface area contributed by atoms with Crippen LogP contribution in [0.5, 0.6) is 11.5 Å². The zero-order valence-corrected chi connectivity index (χ0v) is 17.1. The van der Waals surface area contributed by atoms with Crippen molar-refractivity contribution in [3.05, 3.63) is 46.9 Å². The highest BCUT2D eigenvalue weighted by Gasteiger charge is 2.33. The van der Waals surface area contributed by atoms with Gasteiger partial charge in [0.2, 0.25) is 22.7 Å². The SMILES string of the molecule is O=C(Nc1ccc2c(c1)OCO2)C1CCCN(S(=O)(=O)c2ccc3[nH]c(=O)oc3c2)C1. The van der Waals surface area contributed by atoms with Crippen LogP contribution in [0.15, 0.2) is 50.5 Å². The predicted molar refractivity (Wildman–Crippen MR) is 110 cm³/mol. The smallest absolute Gasteiger partial charge is 0.417 e. The van der Waals surface area contributed by atoms with Crippen molar-refractivity contribution in [1.82, 2.24) is 9.29 Å². The van der Waals surface area contributed by atoms with Crippen molar-refractivity contribution >= 4 is 32.7 Å². The number of benzene rings is 2. The van der Waals surface area contributed by atoms with E-state index in [0.717, 1.165) is 0 Å². The molecule has 1 fully saturated rings. The lowest BCUT2D eigenvalue weighted by Crippen LogP contribution is -2.43. The third-order valence-electron chi connectivity index (χ3n) is 5.43. The lowest BCUT2D eigenvalue weighted by Gasteiger charge is -2.31. The van der Waals surface area contributed by atoms with Crippen molar-refractivity contribution in [3.8, 4) is 11.5 Å². The van der Waals surface area contributed by atoms with Gasteiger partial charge in [0.25, 0.3) is 0 Å². The first-order valence-electron chi connectivity index (χ1n) is 9.74. The number of nitrogens with one attached hydrogen (secondary N) is 2. The molecule has 0 aliphatic carbocycles. The minimum absolute atomic E-state index is 0.0135. The Morgan fingerprint density at radius 3 is 2.84 bits per heavy atom. The molecule has 3 aromatic rings. The summed E-state index contributed by atoms with van der Waals surface area (Å²) in [5.41, 5.74) is 1.14. The number of rotatable bonds is 4. The molecule has 1 unspecified atom stereocenters. The van der Waals surface area contributed by atoms with E-state index in [1.165, 1.54) is 22.5 Å². The van der Waals surface area contributed by atoms with Crippen LogP contribution in [0.4, 0.5) is 5.69 Å². The minimum atomic E-state index is -3.85. The van der Waals surface area contributed by atoms with Crippen molar-refractivity contribution in [2.75, 3.05) is 25.2 Å². The zero-order chi connectivity index (χ0) is 21.6. The van der Waals surface area contributed by atoms with E-state index in [4.69, 9.17) is 13.9 Å². The Hall–Kier alpha value is -3.31. The van der Waals surface area contributed by atoms with Gasteiger partial charge in [-0.3, -0.25) is 9.78 Å². The second-order valence-electron chi connectivity index (χ2n) is 7.43. The average Bonchev–Trinajstić information content (AvgIpc) is 3.38. The van der Waals surface area contributed by atoms with E-state index >= 15 is 0 Å². The predicted octanol–water partition coefficient (Wildman–Crippen LogP) is 1.89. The second kappa shape index (κ2) is 7.43. The van der Waals surface area contributed by atoms with E-state index in [2.05, 4.69) is 10.3 Å². The number of aromatic amines is 1. The van der Waals surface area contributed by atoms with Gasteiger partial charge in [0.1, 0.15) is 0 Å². The number of piperidine rings is 1. The van der Waals surface area contributed by atoms with Crippen LogP contribution in [0.25, 0.3) is 11.1 Å². The molecule has 0 radical (unpaired) electrons. The fraction of sp³-hybridized carbons (Fsp3) is 0.300. The number of amides is 1. The number of hydrogen-bond acceptors (Lipinski definition) is 7. The van der Waals surface area contributed by atoms with Gasteiger partial charge in [0.05, 0.1) is 16.3 Å². The quantitative estimate of drug-likeness (QED) is 0.627. The van der Waals surface area contributed by atoms with Gasteiger partial charge in [-0.1, -0.05) is 0 Å². The number of H-pyrrole nitrogens is 1. The molecule has 0 spiro atoms. The number of nitrogens with zero attached hydrogens (tertiary/aromatic N) is 1. The van der Waals surface area contributed by atoms with Gasteiger partial charge >= 0.3 is 5.76 Å². The normalized spacial score (nSPS) is 18.9. The standard InChI is InChI=1S/C20H19N3O7S/c24-19(21-13-3-6-16-18(8-13)29-11-28-16)12-2-1-7-23(10-12)31(26,27)14-4-5-15-17(9-14)30-20(25)22-15/h3-6,8-9,12H,1-2,7,10-11H2,(H,21,24)(H,22,25). The molecular weight excluding hydrogens is 426 g/mol. The van der Waals surface area contributed by atoms with Crippen LogP contribution < -0.4 is 20.5 Å². The first-order chi connectivity index (χ1) is 14.9. The fourth-order valence-electron chi connectivity index (χ4n) is 3.83. The number of hydrogen-bond donors (Lipinski definition) is 2. The molecule has 1 atom stereocenters. The van der Waals surface area contributed by atoms with Gasteiger partial charge in [-0.05, 0) is 37.1 Å². The molecule has 11 heteroatoms. The molecule has 2 N–H and O–H groups in total. The van der Waals surface area contributed by atoms with E-state index in [9.17, 15) is 18.0 Å². The summed E-state index contributed by atoms with van der Waals surface area (Å²) in [5, 5.41) is 2.83. The van der Waals surface area contributed by atoms with E-state index in [-0.39, 0.29) is 29.7 Å². The molecule has 3 heterocycles. The molecular formula is C20H19N3O7S. The van der Waals surface area contributed by atoms with Crippen LogP contribution in [0.1, 0.15) is 12.8 Å². The summed E-state index contributed by atoms with van der Waals surface area (Å²) in [5.74, 6) is -0.239. The van der Waals surface area contributed by atoms with Gasteiger partial charge in [-0.25, -0.2) is 13.2 Å². The second-order valence-corrected chi connectivity index (χ2v) is 9.37. The number of fused-ring (bicyclic) bond motifs is 2. The summed E-state index contributed by atoms with van der Waals surface area (Å²) in [6.45, 7) is 0.513. The average molecular weight is 445 g/mol. The summed E-state index contributed by atoms with van der Waals surface area (Å²) in [7, 11) is -3.85. The minimum Gasteiger partial charge on any atom is -0.454 e. The van der Waals surface area contributed by atoms with Crippen LogP contribution in [0.3, 0.4) is 0 Å². The number of anilines is 1. The molecule has 2 aliphatic heterocycles. The summed E-state index contributed by atoms with van der Waals surface area (Å²) in [4.78, 5) is 26.6. The monoisotopic (exact) mass is 445 g/mol. The Balaban J connectivity index is 1.32. The topological polar surface area (TPSA) is 131 Å².